The summed E-state index contributed by atoms with van der Waals surface area (Å²) in [6, 6.07) is -1.29. The molecule has 0 rings (SSSR count). The summed E-state index contributed by atoms with van der Waals surface area (Å²) in [6.07, 6.45) is 5.68. The molecule has 0 aromatic carbocycles. The number of aliphatic carboxylic acids is 1. The van der Waals surface area contributed by atoms with E-state index >= 15 is 0 Å². The highest BCUT2D eigenvalue weighted by Crippen LogP contribution is 2.19. The summed E-state index contributed by atoms with van der Waals surface area (Å²) >= 11 is 0. The van der Waals surface area contributed by atoms with E-state index in [1.807, 2.05) is 0 Å². The van der Waals surface area contributed by atoms with Gasteiger partial charge in [0.05, 0.1) is 0 Å². The maximum atomic E-state index is 11.7. The van der Waals surface area contributed by atoms with Crippen molar-refractivity contribution in [3.05, 3.63) is 0 Å². The summed E-state index contributed by atoms with van der Waals surface area (Å²) in [5.41, 5.74) is -0.514. The third-order valence-corrected chi connectivity index (χ3v) is 3.38. The lowest BCUT2D eigenvalue weighted by Gasteiger charge is -2.27. The van der Waals surface area contributed by atoms with Gasteiger partial charge in [-0.15, -0.1) is 0 Å². The largest absolute Gasteiger partial charge is 0.480 e. The number of urea groups is 1. The van der Waals surface area contributed by atoms with Crippen LogP contribution in [0.3, 0.4) is 0 Å². The normalized spacial score (nSPS) is 13.0. The zero-order valence-electron chi connectivity index (χ0n) is 14.2. The summed E-state index contributed by atoms with van der Waals surface area (Å²) in [6.45, 7) is 10.4. The molecule has 2 amide bonds. The number of nitrogens with one attached hydrogen (secondary N) is 2. The predicted molar refractivity (Wildman–Crippen MR) is 85.3 cm³/mol. The molecule has 0 aromatic heterocycles. The molecule has 21 heavy (non-hydrogen) atoms. The Morgan fingerprint density at radius 3 is 2.10 bits per heavy atom. The third kappa shape index (κ3) is 10.2. The van der Waals surface area contributed by atoms with E-state index in [1.165, 1.54) is 19.3 Å². The van der Waals surface area contributed by atoms with Gasteiger partial charge >= 0.3 is 12.0 Å². The quantitative estimate of drug-likeness (QED) is 0.571. The molecule has 0 heterocycles. The van der Waals surface area contributed by atoms with Crippen molar-refractivity contribution in [2.24, 2.45) is 11.3 Å². The highest BCUT2D eigenvalue weighted by Gasteiger charge is 2.32. The second-order valence-electron chi connectivity index (χ2n) is 7.13. The molecule has 124 valence electrons. The van der Waals surface area contributed by atoms with Gasteiger partial charge in [-0.3, -0.25) is 0 Å². The predicted octanol–water partition coefficient (Wildman–Crippen LogP) is 3.39. The van der Waals surface area contributed by atoms with E-state index in [4.69, 9.17) is 5.11 Å². The summed E-state index contributed by atoms with van der Waals surface area (Å²) in [5.74, 6) is -0.259. The Balaban J connectivity index is 3.82. The Morgan fingerprint density at radius 1 is 1.05 bits per heavy atom. The fourth-order valence-electron chi connectivity index (χ4n) is 2.06. The molecule has 0 aromatic rings. The van der Waals surface area contributed by atoms with Crippen LogP contribution in [0, 0.1) is 11.3 Å². The van der Waals surface area contributed by atoms with Crippen molar-refractivity contribution in [3.63, 3.8) is 0 Å². The summed E-state index contributed by atoms with van der Waals surface area (Å²) in [5, 5.41) is 14.4. The van der Waals surface area contributed by atoms with Gasteiger partial charge in [0.1, 0.15) is 6.04 Å². The minimum atomic E-state index is -1.01. The van der Waals surface area contributed by atoms with Crippen molar-refractivity contribution in [1.29, 1.82) is 0 Å². The maximum Gasteiger partial charge on any atom is 0.326 e. The van der Waals surface area contributed by atoms with Crippen molar-refractivity contribution >= 4 is 12.0 Å². The van der Waals surface area contributed by atoms with Gasteiger partial charge in [-0.25, -0.2) is 9.59 Å². The number of carboxylic acid groups (broad SMARTS) is 1. The van der Waals surface area contributed by atoms with Gasteiger partial charge in [0.15, 0.2) is 0 Å². The summed E-state index contributed by atoms with van der Waals surface area (Å²) < 4.78 is 0. The second-order valence-corrected chi connectivity index (χ2v) is 7.13. The van der Waals surface area contributed by atoms with Crippen molar-refractivity contribution in [2.75, 3.05) is 6.54 Å². The number of carbonyl (C=O) groups is 2. The Bertz CT molecular complexity index is 322. The van der Waals surface area contributed by atoms with Gasteiger partial charge < -0.3 is 15.7 Å². The fourth-order valence-corrected chi connectivity index (χ4v) is 2.06. The zero-order valence-corrected chi connectivity index (χ0v) is 14.2. The summed E-state index contributed by atoms with van der Waals surface area (Å²) in [4.78, 5) is 22.8. The van der Waals surface area contributed by atoms with Gasteiger partial charge in [-0.2, -0.15) is 0 Å². The van der Waals surface area contributed by atoms with E-state index in [2.05, 4.69) is 24.5 Å². The Labute approximate surface area is 128 Å². The number of hydrogen-bond acceptors (Lipinski definition) is 2. The molecule has 0 aliphatic heterocycles. The minimum Gasteiger partial charge on any atom is -0.480 e. The average molecular weight is 300 g/mol. The molecule has 1 unspecified atom stereocenters. The third-order valence-electron chi connectivity index (χ3n) is 3.38. The molecule has 0 radical (unpaired) electrons. The molecule has 3 N–H and O–H groups in total. The van der Waals surface area contributed by atoms with E-state index in [0.717, 1.165) is 18.8 Å². The first-order chi connectivity index (χ1) is 9.64. The van der Waals surface area contributed by atoms with Gasteiger partial charge in [0, 0.05) is 6.54 Å². The lowest BCUT2D eigenvalue weighted by Crippen LogP contribution is -2.52. The zero-order chi connectivity index (χ0) is 16.5. The van der Waals surface area contributed by atoms with Crippen LogP contribution in [0.1, 0.15) is 66.7 Å². The van der Waals surface area contributed by atoms with Crippen molar-refractivity contribution < 1.29 is 14.7 Å². The van der Waals surface area contributed by atoms with Crippen molar-refractivity contribution in [2.45, 2.75) is 72.8 Å². The van der Waals surface area contributed by atoms with Crippen LogP contribution in [0.25, 0.3) is 0 Å². The molecular weight excluding hydrogens is 268 g/mol. The smallest absolute Gasteiger partial charge is 0.326 e. The van der Waals surface area contributed by atoms with Crippen LogP contribution in [0.4, 0.5) is 4.79 Å². The first kappa shape index (κ1) is 19.7. The summed E-state index contributed by atoms with van der Waals surface area (Å²) in [7, 11) is 0. The standard InChI is InChI=1S/C16H32N2O3/c1-12(2)10-8-6-7-9-11-17-15(21)18-13(14(19)20)16(3,4)5/h12-13H,6-11H2,1-5H3,(H,19,20)(H2,17,18,21). The number of unbranched alkanes of at least 4 members (excludes halogenated alkanes) is 3. The average Bonchev–Trinajstić information content (AvgIpc) is 2.32. The molecule has 0 aliphatic carbocycles. The van der Waals surface area contributed by atoms with Gasteiger partial charge in [-0.05, 0) is 17.8 Å². The minimum absolute atomic E-state index is 0.403. The van der Waals surface area contributed by atoms with Crippen LogP contribution < -0.4 is 10.6 Å². The van der Waals surface area contributed by atoms with Crippen LogP contribution in [0.15, 0.2) is 0 Å². The van der Waals surface area contributed by atoms with Crippen LogP contribution in [0.5, 0.6) is 0 Å². The first-order valence-electron chi connectivity index (χ1n) is 7.91. The first-order valence-corrected chi connectivity index (χ1v) is 7.91. The van der Waals surface area contributed by atoms with Crippen LogP contribution in [-0.2, 0) is 4.79 Å². The van der Waals surface area contributed by atoms with Gasteiger partial charge in [-0.1, -0.05) is 60.3 Å². The monoisotopic (exact) mass is 300 g/mol. The fraction of sp³-hybridized carbons (Fsp3) is 0.875. The molecule has 0 bridgehead atoms. The van der Waals surface area contributed by atoms with E-state index in [0.29, 0.717) is 6.54 Å². The number of hydrogen-bond donors (Lipinski definition) is 3. The molecule has 0 saturated carbocycles. The molecule has 1 atom stereocenters. The van der Waals surface area contributed by atoms with E-state index in [9.17, 15) is 9.59 Å². The SMILES string of the molecule is CC(C)CCCCCCNC(=O)NC(C(=O)O)C(C)(C)C. The topological polar surface area (TPSA) is 78.4 Å². The molecule has 0 fully saturated rings. The maximum absolute atomic E-state index is 11.7. The number of amides is 2. The van der Waals surface area contributed by atoms with Crippen LogP contribution in [0.2, 0.25) is 0 Å². The molecule has 5 heteroatoms. The highest BCUT2D eigenvalue weighted by molar-refractivity contribution is 5.83. The molecule has 0 aliphatic rings. The van der Waals surface area contributed by atoms with Gasteiger partial charge in [0.2, 0.25) is 0 Å². The van der Waals surface area contributed by atoms with E-state index in [1.54, 1.807) is 20.8 Å². The van der Waals surface area contributed by atoms with Crippen LogP contribution in [-0.4, -0.2) is 29.7 Å². The van der Waals surface area contributed by atoms with E-state index in [-0.39, 0.29) is 0 Å². The molecule has 0 saturated heterocycles. The van der Waals surface area contributed by atoms with Crippen molar-refractivity contribution in [1.82, 2.24) is 10.6 Å². The Morgan fingerprint density at radius 2 is 1.62 bits per heavy atom. The second kappa shape index (κ2) is 9.64. The van der Waals surface area contributed by atoms with Crippen LogP contribution >= 0.6 is 0 Å². The number of carboxylic acids is 1. The molecule has 5 nitrogen and oxygen atoms in total. The lowest BCUT2D eigenvalue weighted by molar-refractivity contribution is -0.141. The lowest BCUT2D eigenvalue weighted by atomic mass is 9.87. The molecular formula is C16H32N2O3. The highest BCUT2D eigenvalue weighted by atomic mass is 16.4. The van der Waals surface area contributed by atoms with Crippen molar-refractivity contribution in [3.8, 4) is 0 Å². The number of rotatable bonds is 9. The van der Waals surface area contributed by atoms with Gasteiger partial charge in [0.25, 0.3) is 0 Å². The Kier molecular flexibility index (Phi) is 9.06. The number of carbonyl (C=O) groups excluding carboxylic acids is 1. The Hall–Kier alpha value is -1.26. The van der Waals surface area contributed by atoms with E-state index < -0.39 is 23.5 Å². The molecule has 0 spiro atoms.